The van der Waals surface area contributed by atoms with Crippen molar-refractivity contribution in [3.63, 3.8) is 0 Å². The Bertz CT molecular complexity index is 411. The Kier molecular flexibility index (Phi) is 5.77. The maximum absolute atomic E-state index is 12.0. The van der Waals surface area contributed by atoms with Crippen LogP contribution < -0.4 is 5.32 Å². The molecule has 0 aromatic heterocycles. The van der Waals surface area contributed by atoms with Gasteiger partial charge in [0.25, 0.3) is 5.91 Å². The molecule has 1 rings (SSSR count). The third-order valence-corrected chi connectivity index (χ3v) is 3.92. The molecular weight excluding hydrogens is 325 g/mol. The van der Waals surface area contributed by atoms with Crippen molar-refractivity contribution < 1.29 is 4.79 Å². The van der Waals surface area contributed by atoms with Crippen LogP contribution in [0, 0.1) is 5.92 Å². The van der Waals surface area contributed by atoms with Gasteiger partial charge < -0.3 is 5.32 Å². The zero-order valence-electron chi connectivity index (χ0n) is 9.64. The van der Waals surface area contributed by atoms with Crippen molar-refractivity contribution in [2.24, 2.45) is 5.92 Å². The number of carbonyl (C=O) groups excluding carboxylic acids is 1. The number of rotatable bonds is 4. The molecule has 1 N–H and O–H groups in total. The molecule has 5 heteroatoms. The van der Waals surface area contributed by atoms with E-state index in [1.807, 2.05) is 13.8 Å². The summed E-state index contributed by atoms with van der Waals surface area (Å²) in [6, 6.07) is 5.20. The number of halogens is 3. The number of carbonyl (C=O) groups is 1. The van der Waals surface area contributed by atoms with Crippen LogP contribution in [-0.4, -0.2) is 17.8 Å². The number of alkyl halides is 1. The van der Waals surface area contributed by atoms with Crippen LogP contribution in [0.25, 0.3) is 0 Å². The van der Waals surface area contributed by atoms with Gasteiger partial charge in [0.15, 0.2) is 0 Å². The van der Waals surface area contributed by atoms with Crippen LogP contribution in [0.15, 0.2) is 22.7 Å². The third-order valence-electron chi connectivity index (χ3n) is 2.63. The minimum atomic E-state index is -0.174. The van der Waals surface area contributed by atoms with E-state index in [0.717, 1.165) is 4.47 Å². The molecule has 1 amide bonds. The van der Waals surface area contributed by atoms with Gasteiger partial charge in [0.1, 0.15) is 0 Å². The van der Waals surface area contributed by atoms with Crippen LogP contribution in [0.4, 0.5) is 0 Å². The second-order valence-corrected chi connectivity index (χ2v) is 5.65. The van der Waals surface area contributed by atoms with Gasteiger partial charge in [-0.05, 0) is 31.0 Å². The second-order valence-electron chi connectivity index (χ2n) is 4.02. The van der Waals surface area contributed by atoms with Crippen LogP contribution >= 0.6 is 39.1 Å². The molecule has 94 valence electrons. The van der Waals surface area contributed by atoms with E-state index >= 15 is 0 Å². The van der Waals surface area contributed by atoms with Crippen molar-refractivity contribution in [2.45, 2.75) is 19.9 Å². The van der Waals surface area contributed by atoms with Gasteiger partial charge in [0, 0.05) is 16.4 Å². The molecule has 0 saturated carbocycles. The smallest absolute Gasteiger partial charge is 0.253 e. The molecule has 0 aliphatic carbocycles. The van der Waals surface area contributed by atoms with Gasteiger partial charge >= 0.3 is 0 Å². The summed E-state index contributed by atoms with van der Waals surface area (Å²) in [6.07, 6.45) is 0. The predicted molar refractivity (Wildman–Crippen MR) is 76.0 cm³/mol. The Morgan fingerprint density at radius 1 is 1.47 bits per heavy atom. The van der Waals surface area contributed by atoms with Gasteiger partial charge in [-0.15, -0.1) is 11.6 Å². The first-order valence-corrected chi connectivity index (χ1v) is 6.98. The van der Waals surface area contributed by atoms with Crippen molar-refractivity contribution in [3.05, 3.63) is 33.3 Å². The fourth-order valence-corrected chi connectivity index (χ4v) is 2.26. The largest absolute Gasteiger partial charge is 0.349 e. The van der Waals surface area contributed by atoms with Crippen LogP contribution in [0.2, 0.25) is 5.02 Å². The maximum Gasteiger partial charge on any atom is 0.253 e. The van der Waals surface area contributed by atoms with E-state index in [0.29, 0.717) is 16.5 Å². The number of hydrogen-bond donors (Lipinski definition) is 1. The monoisotopic (exact) mass is 337 g/mol. The lowest BCUT2D eigenvalue weighted by Crippen LogP contribution is -2.37. The summed E-state index contributed by atoms with van der Waals surface area (Å²) in [5.74, 6) is 0.553. The highest BCUT2D eigenvalue weighted by atomic mass is 79.9. The third kappa shape index (κ3) is 4.16. The average Bonchev–Trinajstić information content (AvgIpc) is 2.27. The summed E-state index contributed by atoms with van der Waals surface area (Å²) >= 11 is 15.0. The minimum Gasteiger partial charge on any atom is -0.349 e. The lowest BCUT2D eigenvalue weighted by molar-refractivity contribution is 0.0931. The average molecular weight is 339 g/mol. The van der Waals surface area contributed by atoms with Crippen LogP contribution in [-0.2, 0) is 0 Å². The SMILES string of the molecule is CC(CCl)C(C)NC(=O)c1ccc(Br)cc1Cl. The molecule has 0 radical (unpaired) electrons. The van der Waals surface area contributed by atoms with E-state index in [-0.39, 0.29) is 17.9 Å². The quantitative estimate of drug-likeness (QED) is 0.823. The summed E-state index contributed by atoms with van der Waals surface area (Å²) in [7, 11) is 0. The van der Waals surface area contributed by atoms with Crippen molar-refractivity contribution in [2.75, 3.05) is 5.88 Å². The molecule has 0 saturated heterocycles. The highest BCUT2D eigenvalue weighted by molar-refractivity contribution is 9.10. The van der Waals surface area contributed by atoms with Crippen molar-refractivity contribution in [1.82, 2.24) is 5.32 Å². The Labute approximate surface area is 120 Å². The molecule has 0 spiro atoms. The molecule has 1 aromatic rings. The molecule has 2 atom stereocenters. The van der Waals surface area contributed by atoms with Crippen molar-refractivity contribution in [1.29, 1.82) is 0 Å². The molecule has 17 heavy (non-hydrogen) atoms. The molecule has 1 aromatic carbocycles. The first-order chi connectivity index (χ1) is 7.95. The fourth-order valence-electron chi connectivity index (χ4n) is 1.23. The van der Waals surface area contributed by atoms with Gasteiger partial charge in [0.2, 0.25) is 0 Å². The summed E-state index contributed by atoms with van der Waals surface area (Å²) in [6.45, 7) is 3.92. The first kappa shape index (κ1) is 14.8. The van der Waals surface area contributed by atoms with Gasteiger partial charge in [0.05, 0.1) is 10.6 Å². The number of amides is 1. The summed E-state index contributed by atoms with van der Waals surface area (Å²) in [4.78, 5) is 12.0. The standard InChI is InChI=1S/C12H14BrCl2NO/c1-7(6-14)8(2)16-12(17)10-4-3-9(13)5-11(10)15/h3-5,7-8H,6H2,1-2H3,(H,16,17). The Hall–Kier alpha value is -0.250. The van der Waals surface area contributed by atoms with Gasteiger partial charge in [-0.25, -0.2) is 0 Å². The topological polar surface area (TPSA) is 29.1 Å². The number of benzene rings is 1. The summed E-state index contributed by atoms with van der Waals surface area (Å²) in [5, 5.41) is 3.32. The van der Waals surface area contributed by atoms with Crippen LogP contribution in [0.1, 0.15) is 24.2 Å². The Morgan fingerprint density at radius 3 is 2.65 bits per heavy atom. The van der Waals surface area contributed by atoms with Gasteiger partial charge in [-0.1, -0.05) is 34.5 Å². The van der Waals surface area contributed by atoms with E-state index in [1.165, 1.54) is 0 Å². The van der Waals surface area contributed by atoms with Crippen LogP contribution in [0.3, 0.4) is 0 Å². The van der Waals surface area contributed by atoms with Crippen molar-refractivity contribution in [3.8, 4) is 0 Å². The Morgan fingerprint density at radius 2 is 2.12 bits per heavy atom. The Balaban J connectivity index is 2.76. The van der Waals surface area contributed by atoms with Crippen LogP contribution in [0.5, 0.6) is 0 Å². The molecule has 0 bridgehead atoms. The number of hydrogen-bond acceptors (Lipinski definition) is 1. The second kappa shape index (κ2) is 6.62. The molecular formula is C12H14BrCl2NO. The van der Waals surface area contributed by atoms with Gasteiger partial charge in [-0.2, -0.15) is 0 Å². The first-order valence-electron chi connectivity index (χ1n) is 5.27. The van der Waals surface area contributed by atoms with Gasteiger partial charge in [-0.3, -0.25) is 4.79 Å². The molecule has 0 aliphatic rings. The minimum absolute atomic E-state index is 0.0136. The predicted octanol–water partition coefficient (Wildman–Crippen LogP) is 4.10. The van der Waals surface area contributed by atoms with E-state index in [1.54, 1.807) is 18.2 Å². The molecule has 0 heterocycles. The number of nitrogens with one attached hydrogen (secondary N) is 1. The highest BCUT2D eigenvalue weighted by Crippen LogP contribution is 2.21. The van der Waals surface area contributed by atoms with Crippen molar-refractivity contribution >= 4 is 45.0 Å². The molecule has 0 fully saturated rings. The zero-order valence-corrected chi connectivity index (χ0v) is 12.7. The zero-order chi connectivity index (χ0) is 13.0. The lowest BCUT2D eigenvalue weighted by Gasteiger charge is -2.19. The summed E-state index contributed by atoms with van der Waals surface area (Å²) in [5.41, 5.74) is 0.475. The fraction of sp³-hybridized carbons (Fsp3) is 0.417. The normalized spacial score (nSPS) is 14.2. The lowest BCUT2D eigenvalue weighted by atomic mass is 10.1. The maximum atomic E-state index is 12.0. The molecule has 2 unspecified atom stereocenters. The van der Waals surface area contributed by atoms with E-state index < -0.39 is 0 Å². The van der Waals surface area contributed by atoms with E-state index in [2.05, 4.69) is 21.2 Å². The molecule has 2 nitrogen and oxygen atoms in total. The molecule has 0 aliphatic heterocycles. The highest BCUT2D eigenvalue weighted by Gasteiger charge is 2.16. The summed E-state index contributed by atoms with van der Waals surface area (Å²) < 4.78 is 0.848. The van der Waals surface area contributed by atoms with E-state index in [4.69, 9.17) is 23.2 Å². The van der Waals surface area contributed by atoms with E-state index in [9.17, 15) is 4.79 Å².